The summed E-state index contributed by atoms with van der Waals surface area (Å²) >= 11 is 2.78. The van der Waals surface area contributed by atoms with Gasteiger partial charge >= 0.3 is 6.36 Å². The van der Waals surface area contributed by atoms with Crippen LogP contribution in [0.15, 0.2) is 10.8 Å². The van der Waals surface area contributed by atoms with Crippen LogP contribution >= 0.6 is 15.9 Å². The average molecular weight is 296 g/mol. The first-order chi connectivity index (χ1) is 7.39. The number of ether oxygens (including phenoxy) is 1. The summed E-state index contributed by atoms with van der Waals surface area (Å²) in [5.74, 6) is -0.669. The van der Waals surface area contributed by atoms with Gasteiger partial charge in [-0.15, -0.1) is 13.2 Å². The summed E-state index contributed by atoms with van der Waals surface area (Å²) in [6.45, 7) is -0.0998. The number of pyridine rings is 1. The van der Waals surface area contributed by atoms with Gasteiger partial charge in [0.2, 0.25) is 0 Å². The first-order valence-electron chi connectivity index (χ1n) is 3.92. The van der Waals surface area contributed by atoms with E-state index in [2.05, 4.69) is 25.7 Å². The number of nitrogens with zero attached hydrogens (tertiary/aromatic N) is 2. The summed E-state index contributed by atoms with van der Waals surface area (Å²) in [5, 5.41) is 8.75. The molecule has 16 heavy (non-hydrogen) atoms. The van der Waals surface area contributed by atoms with Gasteiger partial charge < -0.3 is 10.5 Å². The fourth-order valence-corrected chi connectivity index (χ4v) is 1.37. The van der Waals surface area contributed by atoms with Gasteiger partial charge in [0.1, 0.15) is 16.2 Å². The molecular formula is C8H5BrF3N3O. The minimum absolute atomic E-state index is 0.0998. The molecular weight excluding hydrogens is 291 g/mol. The van der Waals surface area contributed by atoms with Crippen LogP contribution in [0, 0.1) is 11.3 Å². The van der Waals surface area contributed by atoms with Crippen molar-refractivity contribution < 1.29 is 17.9 Å². The van der Waals surface area contributed by atoms with Crippen molar-refractivity contribution in [2.24, 2.45) is 5.73 Å². The first-order valence-corrected chi connectivity index (χ1v) is 4.71. The first kappa shape index (κ1) is 12.7. The molecule has 4 nitrogen and oxygen atoms in total. The maximum atomic E-state index is 12.1. The van der Waals surface area contributed by atoms with E-state index in [0.29, 0.717) is 0 Å². The van der Waals surface area contributed by atoms with Crippen LogP contribution in [0.2, 0.25) is 0 Å². The molecule has 0 spiro atoms. The Labute approximate surface area is 97.0 Å². The Balaban J connectivity index is 3.31. The molecule has 0 atom stereocenters. The zero-order valence-corrected chi connectivity index (χ0v) is 9.26. The molecule has 8 heteroatoms. The van der Waals surface area contributed by atoms with Crippen LogP contribution in [-0.2, 0) is 6.54 Å². The highest BCUT2D eigenvalue weighted by Gasteiger charge is 2.34. The van der Waals surface area contributed by atoms with Crippen molar-refractivity contribution in [2.45, 2.75) is 12.9 Å². The maximum Gasteiger partial charge on any atom is 0.573 e. The molecule has 0 aromatic carbocycles. The molecule has 0 fully saturated rings. The van der Waals surface area contributed by atoms with E-state index in [4.69, 9.17) is 11.0 Å². The number of aromatic nitrogens is 1. The third-order valence-corrected chi connectivity index (χ3v) is 2.18. The zero-order valence-electron chi connectivity index (χ0n) is 7.68. The van der Waals surface area contributed by atoms with Gasteiger partial charge in [-0.1, -0.05) is 0 Å². The van der Waals surface area contributed by atoms with E-state index in [0.717, 1.165) is 0 Å². The molecule has 0 saturated carbocycles. The molecule has 0 aliphatic carbocycles. The number of nitrogens with two attached hydrogens (primary N) is 1. The third kappa shape index (κ3) is 2.84. The molecule has 0 saturated heterocycles. The standard InChI is InChI=1S/C8H5BrF3N3O/c9-7-6(16-8(10,11)12)5(2-14)4(1-13)3-15-7/h3H,1,13H2. The van der Waals surface area contributed by atoms with E-state index in [1.165, 1.54) is 6.20 Å². The van der Waals surface area contributed by atoms with Gasteiger partial charge in [-0.25, -0.2) is 4.98 Å². The molecule has 0 unspecified atom stereocenters. The summed E-state index contributed by atoms with van der Waals surface area (Å²) in [4.78, 5) is 3.60. The van der Waals surface area contributed by atoms with E-state index < -0.39 is 12.1 Å². The molecule has 0 aliphatic rings. The summed E-state index contributed by atoms with van der Waals surface area (Å²) in [5.41, 5.74) is 5.17. The second-order valence-electron chi connectivity index (χ2n) is 2.64. The largest absolute Gasteiger partial charge is 0.573 e. The van der Waals surface area contributed by atoms with Crippen LogP contribution in [0.3, 0.4) is 0 Å². The average Bonchev–Trinajstić information content (AvgIpc) is 2.19. The monoisotopic (exact) mass is 295 g/mol. The van der Waals surface area contributed by atoms with Crippen LogP contribution in [0.1, 0.15) is 11.1 Å². The van der Waals surface area contributed by atoms with Gasteiger partial charge in [-0.2, -0.15) is 5.26 Å². The lowest BCUT2D eigenvalue weighted by molar-refractivity contribution is -0.275. The number of alkyl halides is 3. The Bertz CT molecular complexity index is 441. The van der Waals surface area contributed by atoms with Crippen molar-refractivity contribution in [3.63, 3.8) is 0 Å². The third-order valence-electron chi connectivity index (χ3n) is 1.62. The smallest absolute Gasteiger partial charge is 0.401 e. The molecule has 1 aromatic rings. The van der Waals surface area contributed by atoms with Crippen molar-refractivity contribution in [1.82, 2.24) is 4.98 Å². The predicted octanol–water partition coefficient (Wildman–Crippen LogP) is 2.07. The van der Waals surface area contributed by atoms with E-state index in [1.54, 1.807) is 6.07 Å². The molecule has 0 amide bonds. The zero-order chi connectivity index (χ0) is 12.3. The SMILES string of the molecule is N#Cc1c(CN)cnc(Br)c1OC(F)(F)F. The fourth-order valence-electron chi connectivity index (χ4n) is 0.993. The van der Waals surface area contributed by atoms with Gasteiger partial charge in [0.15, 0.2) is 5.75 Å². The van der Waals surface area contributed by atoms with Crippen LogP contribution in [0.4, 0.5) is 13.2 Å². The molecule has 86 valence electrons. The van der Waals surface area contributed by atoms with E-state index in [1.807, 2.05) is 0 Å². The van der Waals surface area contributed by atoms with E-state index in [-0.39, 0.29) is 22.3 Å². The topological polar surface area (TPSA) is 71.9 Å². The van der Waals surface area contributed by atoms with Crippen LogP contribution in [0.25, 0.3) is 0 Å². The summed E-state index contributed by atoms with van der Waals surface area (Å²) in [7, 11) is 0. The molecule has 1 heterocycles. The molecule has 2 N–H and O–H groups in total. The Morgan fingerprint density at radius 1 is 1.56 bits per heavy atom. The highest BCUT2D eigenvalue weighted by molar-refractivity contribution is 9.10. The van der Waals surface area contributed by atoms with Gasteiger partial charge in [-0.3, -0.25) is 0 Å². The number of rotatable bonds is 2. The summed E-state index contributed by atoms with van der Waals surface area (Å²) in [6.07, 6.45) is -3.67. The van der Waals surface area contributed by atoms with Gasteiger partial charge in [0.05, 0.1) is 0 Å². The Morgan fingerprint density at radius 2 is 2.19 bits per heavy atom. The van der Waals surface area contributed by atoms with Gasteiger partial charge in [0, 0.05) is 18.3 Å². The van der Waals surface area contributed by atoms with Crippen LogP contribution < -0.4 is 10.5 Å². The predicted molar refractivity (Wildman–Crippen MR) is 51.2 cm³/mol. The molecule has 1 aromatic heterocycles. The lowest BCUT2D eigenvalue weighted by atomic mass is 10.1. The van der Waals surface area contributed by atoms with Crippen molar-refractivity contribution in [3.05, 3.63) is 21.9 Å². The summed E-state index contributed by atoms with van der Waals surface area (Å²) < 4.78 is 39.7. The normalized spacial score (nSPS) is 11.0. The highest BCUT2D eigenvalue weighted by Crippen LogP contribution is 2.33. The quantitative estimate of drug-likeness (QED) is 0.848. The molecule has 0 radical (unpaired) electrons. The van der Waals surface area contributed by atoms with Gasteiger partial charge in [0.25, 0.3) is 0 Å². The van der Waals surface area contributed by atoms with E-state index in [9.17, 15) is 13.2 Å². The summed E-state index contributed by atoms with van der Waals surface area (Å²) in [6, 6.07) is 1.60. The Hall–Kier alpha value is -1.33. The van der Waals surface area contributed by atoms with E-state index >= 15 is 0 Å². The number of halogens is 4. The van der Waals surface area contributed by atoms with Crippen molar-refractivity contribution in [3.8, 4) is 11.8 Å². The van der Waals surface area contributed by atoms with Gasteiger partial charge in [-0.05, 0) is 15.9 Å². The number of hydrogen-bond acceptors (Lipinski definition) is 4. The van der Waals surface area contributed by atoms with Crippen molar-refractivity contribution >= 4 is 15.9 Å². The number of nitriles is 1. The minimum Gasteiger partial charge on any atom is -0.401 e. The number of hydrogen-bond donors (Lipinski definition) is 1. The molecule has 0 bridgehead atoms. The highest BCUT2D eigenvalue weighted by atomic mass is 79.9. The van der Waals surface area contributed by atoms with Crippen LogP contribution in [-0.4, -0.2) is 11.3 Å². The minimum atomic E-state index is -4.89. The van der Waals surface area contributed by atoms with Crippen molar-refractivity contribution in [1.29, 1.82) is 5.26 Å². The molecule has 1 rings (SSSR count). The van der Waals surface area contributed by atoms with Crippen molar-refractivity contribution in [2.75, 3.05) is 0 Å². The lowest BCUT2D eigenvalue weighted by Crippen LogP contribution is -2.19. The second kappa shape index (κ2) is 4.67. The second-order valence-corrected chi connectivity index (χ2v) is 3.39. The Kier molecular flexibility index (Phi) is 3.72. The maximum absolute atomic E-state index is 12.1. The van der Waals surface area contributed by atoms with Crippen LogP contribution in [0.5, 0.6) is 5.75 Å². The molecule has 0 aliphatic heterocycles. The fraction of sp³-hybridized carbons (Fsp3) is 0.250. The lowest BCUT2D eigenvalue weighted by Gasteiger charge is -2.12. The Morgan fingerprint density at radius 3 is 2.62 bits per heavy atom.